The standard InChI is InChI=1S/C12H10BrN5/c13-9-2-4-11-16-17-12(18(11)7-9)10-3-1-8(5-14)6-15-10/h1-4,6-7H,5,14H2. The van der Waals surface area contributed by atoms with Crippen molar-refractivity contribution >= 4 is 21.6 Å². The van der Waals surface area contributed by atoms with Crippen molar-refractivity contribution in [3.63, 3.8) is 0 Å². The highest BCUT2D eigenvalue weighted by Crippen LogP contribution is 2.18. The number of fused-ring (bicyclic) bond motifs is 1. The van der Waals surface area contributed by atoms with Crippen LogP contribution in [-0.4, -0.2) is 19.6 Å². The molecule has 0 aromatic carbocycles. The molecular weight excluding hydrogens is 294 g/mol. The number of nitrogens with two attached hydrogens (primary N) is 1. The van der Waals surface area contributed by atoms with Crippen LogP contribution >= 0.6 is 15.9 Å². The monoisotopic (exact) mass is 303 g/mol. The second kappa shape index (κ2) is 4.47. The smallest absolute Gasteiger partial charge is 0.187 e. The van der Waals surface area contributed by atoms with Crippen molar-refractivity contribution in [1.82, 2.24) is 19.6 Å². The van der Waals surface area contributed by atoms with Gasteiger partial charge in [-0.05, 0) is 39.7 Å². The molecule has 0 saturated heterocycles. The minimum Gasteiger partial charge on any atom is -0.326 e. The van der Waals surface area contributed by atoms with E-state index in [1.807, 2.05) is 34.9 Å². The first kappa shape index (κ1) is 11.3. The van der Waals surface area contributed by atoms with E-state index in [4.69, 9.17) is 5.73 Å². The molecule has 0 atom stereocenters. The highest BCUT2D eigenvalue weighted by molar-refractivity contribution is 9.10. The van der Waals surface area contributed by atoms with Gasteiger partial charge in [0.1, 0.15) is 5.69 Å². The molecule has 3 heterocycles. The summed E-state index contributed by atoms with van der Waals surface area (Å²) in [4.78, 5) is 4.35. The lowest BCUT2D eigenvalue weighted by Gasteiger charge is -2.01. The Morgan fingerprint density at radius 3 is 2.78 bits per heavy atom. The lowest BCUT2D eigenvalue weighted by atomic mass is 10.2. The predicted molar refractivity (Wildman–Crippen MR) is 71.8 cm³/mol. The SMILES string of the molecule is NCc1ccc(-c2nnc3ccc(Br)cn23)nc1. The Kier molecular flexibility index (Phi) is 2.81. The molecular formula is C12H10BrN5. The summed E-state index contributed by atoms with van der Waals surface area (Å²) >= 11 is 3.43. The third-order valence-electron chi connectivity index (χ3n) is 2.66. The van der Waals surface area contributed by atoms with Gasteiger partial charge in [0.15, 0.2) is 11.5 Å². The molecule has 90 valence electrons. The van der Waals surface area contributed by atoms with Crippen LogP contribution in [0.15, 0.2) is 41.1 Å². The van der Waals surface area contributed by atoms with Crippen molar-refractivity contribution in [3.05, 3.63) is 46.7 Å². The first-order valence-corrected chi connectivity index (χ1v) is 6.23. The van der Waals surface area contributed by atoms with E-state index in [1.165, 1.54) is 0 Å². The molecule has 3 aromatic heterocycles. The quantitative estimate of drug-likeness (QED) is 0.786. The Hall–Kier alpha value is -1.79. The van der Waals surface area contributed by atoms with E-state index in [1.54, 1.807) is 6.20 Å². The van der Waals surface area contributed by atoms with Crippen molar-refractivity contribution in [2.45, 2.75) is 6.54 Å². The number of pyridine rings is 2. The zero-order chi connectivity index (χ0) is 12.5. The van der Waals surface area contributed by atoms with Crippen LogP contribution in [0.5, 0.6) is 0 Å². The normalized spacial score (nSPS) is 11.0. The van der Waals surface area contributed by atoms with Gasteiger partial charge in [0.25, 0.3) is 0 Å². The summed E-state index contributed by atoms with van der Waals surface area (Å²) in [6, 6.07) is 7.68. The van der Waals surface area contributed by atoms with Gasteiger partial charge in [0.05, 0.1) is 0 Å². The van der Waals surface area contributed by atoms with Gasteiger partial charge in [0, 0.05) is 23.4 Å². The molecule has 5 nitrogen and oxygen atoms in total. The summed E-state index contributed by atoms with van der Waals surface area (Å²) in [7, 11) is 0. The van der Waals surface area contributed by atoms with Crippen molar-refractivity contribution in [2.75, 3.05) is 0 Å². The number of halogens is 1. The van der Waals surface area contributed by atoms with Gasteiger partial charge in [0.2, 0.25) is 0 Å². The number of rotatable bonds is 2. The van der Waals surface area contributed by atoms with Crippen LogP contribution in [-0.2, 0) is 6.54 Å². The van der Waals surface area contributed by atoms with E-state index in [0.29, 0.717) is 6.54 Å². The zero-order valence-electron chi connectivity index (χ0n) is 9.42. The fourth-order valence-electron chi connectivity index (χ4n) is 1.72. The second-order valence-electron chi connectivity index (χ2n) is 3.85. The predicted octanol–water partition coefficient (Wildman–Crippen LogP) is 2.01. The van der Waals surface area contributed by atoms with Gasteiger partial charge >= 0.3 is 0 Å². The molecule has 18 heavy (non-hydrogen) atoms. The summed E-state index contributed by atoms with van der Waals surface area (Å²) < 4.78 is 2.86. The highest BCUT2D eigenvalue weighted by atomic mass is 79.9. The van der Waals surface area contributed by atoms with Crippen LogP contribution < -0.4 is 5.73 Å². The summed E-state index contributed by atoms with van der Waals surface area (Å²) in [5.74, 6) is 0.717. The zero-order valence-corrected chi connectivity index (χ0v) is 11.0. The van der Waals surface area contributed by atoms with Gasteiger partial charge in [-0.1, -0.05) is 6.07 Å². The fraction of sp³-hybridized carbons (Fsp3) is 0.0833. The topological polar surface area (TPSA) is 69.1 Å². The van der Waals surface area contributed by atoms with Crippen LogP contribution in [0.1, 0.15) is 5.56 Å². The average molecular weight is 304 g/mol. The summed E-state index contributed by atoms with van der Waals surface area (Å²) in [5.41, 5.74) is 8.11. The molecule has 0 fully saturated rings. The number of hydrogen-bond acceptors (Lipinski definition) is 4. The highest BCUT2D eigenvalue weighted by Gasteiger charge is 2.09. The van der Waals surface area contributed by atoms with E-state index >= 15 is 0 Å². The lowest BCUT2D eigenvalue weighted by Crippen LogP contribution is -1.98. The Labute approximate surface area is 112 Å². The van der Waals surface area contributed by atoms with E-state index in [0.717, 1.165) is 27.2 Å². The van der Waals surface area contributed by atoms with Crippen LogP contribution in [0.3, 0.4) is 0 Å². The molecule has 0 radical (unpaired) electrons. The molecule has 3 aromatic rings. The van der Waals surface area contributed by atoms with Crippen LogP contribution in [0.25, 0.3) is 17.2 Å². The van der Waals surface area contributed by atoms with E-state index < -0.39 is 0 Å². The third-order valence-corrected chi connectivity index (χ3v) is 3.12. The van der Waals surface area contributed by atoms with Gasteiger partial charge in [-0.25, -0.2) is 0 Å². The maximum atomic E-state index is 5.55. The molecule has 0 spiro atoms. The van der Waals surface area contributed by atoms with Crippen LogP contribution in [0.2, 0.25) is 0 Å². The van der Waals surface area contributed by atoms with E-state index in [2.05, 4.69) is 31.1 Å². The van der Waals surface area contributed by atoms with Gasteiger partial charge in [-0.3, -0.25) is 9.38 Å². The van der Waals surface area contributed by atoms with Crippen molar-refractivity contribution < 1.29 is 0 Å². The Bertz CT molecular complexity index is 689. The summed E-state index contributed by atoms with van der Waals surface area (Å²) in [6.07, 6.45) is 3.68. The first-order valence-electron chi connectivity index (χ1n) is 5.43. The average Bonchev–Trinajstić information content (AvgIpc) is 2.82. The van der Waals surface area contributed by atoms with Crippen molar-refractivity contribution in [1.29, 1.82) is 0 Å². The van der Waals surface area contributed by atoms with Gasteiger partial charge in [-0.15, -0.1) is 10.2 Å². The lowest BCUT2D eigenvalue weighted by molar-refractivity contribution is 1.03. The first-order chi connectivity index (χ1) is 8.78. The molecule has 6 heteroatoms. The fourth-order valence-corrected chi connectivity index (χ4v) is 2.05. The minimum atomic E-state index is 0.486. The Morgan fingerprint density at radius 2 is 2.06 bits per heavy atom. The number of hydrogen-bond donors (Lipinski definition) is 1. The second-order valence-corrected chi connectivity index (χ2v) is 4.77. The van der Waals surface area contributed by atoms with Gasteiger partial charge < -0.3 is 5.73 Å². The molecule has 0 bridgehead atoms. The molecule has 3 rings (SSSR count). The largest absolute Gasteiger partial charge is 0.326 e. The Morgan fingerprint density at radius 1 is 1.17 bits per heavy atom. The molecule has 0 aliphatic heterocycles. The molecule has 0 aliphatic carbocycles. The third kappa shape index (κ3) is 1.89. The number of nitrogens with zero attached hydrogens (tertiary/aromatic N) is 4. The molecule has 0 unspecified atom stereocenters. The Balaban J connectivity index is 2.15. The van der Waals surface area contributed by atoms with Crippen molar-refractivity contribution in [3.8, 4) is 11.5 Å². The van der Waals surface area contributed by atoms with Gasteiger partial charge in [-0.2, -0.15) is 0 Å². The summed E-state index contributed by atoms with van der Waals surface area (Å²) in [5, 5.41) is 8.27. The van der Waals surface area contributed by atoms with Crippen LogP contribution in [0.4, 0.5) is 0 Å². The minimum absolute atomic E-state index is 0.486. The molecule has 0 saturated carbocycles. The van der Waals surface area contributed by atoms with Crippen LogP contribution in [0, 0.1) is 0 Å². The van der Waals surface area contributed by atoms with E-state index in [-0.39, 0.29) is 0 Å². The van der Waals surface area contributed by atoms with E-state index in [9.17, 15) is 0 Å². The van der Waals surface area contributed by atoms with Crippen molar-refractivity contribution in [2.24, 2.45) is 5.73 Å². The maximum Gasteiger partial charge on any atom is 0.187 e. The molecule has 2 N–H and O–H groups in total. The molecule has 0 amide bonds. The summed E-state index contributed by atoms with van der Waals surface area (Å²) in [6.45, 7) is 0.486. The molecule has 0 aliphatic rings. The maximum absolute atomic E-state index is 5.55. The number of aromatic nitrogens is 4.